The third kappa shape index (κ3) is 9.44. The van der Waals surface area contributed by atoms with Crippen LogP contribution in [-0.2, 0) is 24.3 Å². The molecule has 220 valence electrons. The normalized spacial score (nSPS) is 12.1. The minimum absolute atomic E-state index is 0.159. The first-order valence-corrected chi connectivity index (χ1v) is 14.9. The van der Waals surface area contributed by atoms with Crippen LogP contribution in [0.2, 0.25) is 0 Å². The van der Waals surface area contributed by atoms with E-state index >= 15 is 0 Å². The van der Waals surface area contributed by atoms with E-state index in [4.69, 9.17) is 9.47 Å². The van der Waals surface area contributed by atoms with E-state index in [1.807, 2.05) is 24.3 Å². The van der Waals surface area contributed by atoms with Gasteiger partial charge in [-0.2, -0.15) is 0 Å². The number of esters is 2. The molecule has 0 saturated heterocycles. The van der Waals surface area contributed by atoms with Crippen LogP contribution in [0, 0.1) is 0 Å². The van der Waals surface area contributed by atoms with Crippen LogP contribution in [-0.4, -0.2) is 40.2 Å². The van der Waals surface area contributed by atoms with Crippen molar-refractivity contribution in [3.8, 4) is 5.75 Å². The number of carbonyl (C=O) groups excluding carboxylic acids is 2. The van der Waals surface area contributed by atoms with Crippen molar-refractivity contribution in [2.75, 3.05) is 18.4 Å². The second-order valence-corrected chi connectivity index (χ2v) is 10.9. The molecule has 0 aromatic heterocycles. The fourth-order valence-corrected chi connectivity index (χ4v) is 5.04. The lowest BCUT2D eigenvalue weighted by Gasteiger charge is -2.16. The third-order valence-corrected chi connectivity index (χ3v) is 7.54. The molecule has 0 unspecified atom stereocenters. The maximum absolute atomic E-state index is 12.9. The van der Waals surface area contributed by atoms with Crippen LogP contribution in [0.1, 0.15) is 27.9 Å². The first-order chi connectivity index (χ1) is 20.8. The topological polar surface area (TPSA) is 108 Å². The van der Waals surface area contributed by atoms with Crippen molar-refractivity contribution in [1.29, 1.82) is 0 Å². The Bertz CT molecular complexity index is 1680. The number of hydrogen-bond donors (Lipinski definition) is 1. The first-order valence-electron chi connectivity index (χ1n) is 13.4. The highest BCUT2D eigenvalue weighted by Gasteiger charge is 2.16. The number of nitrogens with one attached hydrogen (secondary N) is 1. The predicted molar refractivity (Wildman–Crippen MR) is 166 cm³/mol. The predicted octanol–water partition coefficient (Wildman–Crippen LogP) is 6.38. The summed E-state index contributed by atoms with van der Waals surface area (Å²) in [6.07, 6.45) is 6.07. The molecule has 1 atom stereocenters. The van der Waals surface area contributed by atoms with Gasteiger partial charge in [0.15, 0.2) is 0 Å². The maximum atomic E-state index is 12.9. The number of benzene rings is 4. The Hall–Kier alpha value is -5.15. The summed E-state index contributed by atoms with van der Waals surface area (Å²) in [5.41, 5.74) is 2.20. The molecule has 43 heavy (non-hydrogen) atoms. The number of anilines is 1. The Balaban J connectivity index is 1.48. The van der Waals surface area contributed by atoms with Gasteiger partial charge >= 0.3 is 11.9 Å². The second kappa shape index (κ2) is 15.2. The third-order valence-electron chi connectivity index (χ3n) is 6.14. The molecular weight excluding hydrogens is 566 g/mol. The van der Waals surface area contributed by atoms with E-state index in [1.165, 1.54) is 25.3 Å². The summed E-state index contributed by atoms with van der Waals surface area (Å²) in [6, 6.07) is 30.9. The summed E-state index contributed by atoms with van der Waals surface area (Å²) in [5, 5.41) is 0. The zero-order valence-electron chi connectivity index (χ0n) is 23.5. The van der Waals surface area contributed by atoms with Crippen LogP contribution < -0.4 is 9.46 Å². The highest BCUT2D eigenvalue weighted by molar-refractivity contribution is 7.92. The van der Waals surface area contributed by atoms with Gasteiger partial charge in [-0.3, -0.25) is 4.72 Å². The van der Waals surface area contributed by atoms with Gasteiger partial charge in [0.1, 0.15) is 11.9 Å². The molecule has 0 amide bonds. The van der Waals surface area contributed by atoms with E-state index in [2.05, 4.69) is 9.46 Å². The van der Waals surface area contributed by atoms with Crippen molar-refractivity contribution in [2.24, 2.45) is 0 Å². The first kappa shape index (κ1) is 30.8. The molecule has 0 radical (unpaired) electrons. The zero-order valence-corrected chi connectivity index (χ0v) is 24.3. The Morgan fingerprint density at radius 1 is 0.837 bits per heavy atom. The number of ether oxygens (including phenoxy) is 3. The lowest BCUT2D eigenvalue weighted by atomic mass is 10.1. The Morgan fingerprint density at radius 3 is 2.28 bits per heavy atom. The van der Waals surface area contributed by atoms with Crippen molar-refractivity contribution >= 4 is 39.8 Å². The summed E-state index contributed by atoms with van der Waals surface area (Å²) >= 11 is 0. The van der Waals surface area contributed by atoms with Crippen LogP contribution in [0.15, 0.2) is 126 Å². The highest BCUT2D eigenvalue weighted by Crippen LogP contribution is 2.21. The molecule has 4 aromatic rings. The molecule has 0 aliphatic heterocycles. The summed E-state index contributed by atoms with van der Waals surface area (Å²) in [5.74, 6) is -0.413. The largest absolute Gasteiger partial charge is 0.493 e. The average Bonchev–Trinajstić information content (AvgIpc) is 3.03. The van der Waals surface area contributed by atoms with E-state index < -0.39 is 28.1 Å². The van der Waals surface area contributed by atoms with E-state index in [0.717, 1.165) is 0 Å². The summed E-state index contributed by atoms with van der Waals surface area (Å²) in [4.78, 5) is 24.5. The molecule has 0 fully saturated rings. The fourth-order valence-electron chi connectivity index (χ4n) is 3.97. The fraction of sp³-hybridized carbons (Fsp3) is 0.118. The monoisotopic (exact) mass is 597 g/mol. The molecule has 0 saturated carbocycles. The number of methoxy groups -OCH3 is 1. The number of rotatable bonds is 13. The van der Waals surface area contributed by atoms with Gasteiger partial charge in [-0.1, -0.05) is 72.8 Å². The quantitative estimate of drug-likeness (QED) is 0.141. The molecule has 0 aliphatic rings. The zero-order chi connectivity index (χ0) is 30.5. The van der Waals surface area contributed by atoms with Crippen molar-refractivity contribution in [1.82, 2.24) is 0 Å². The molecule has 8 nitrogen and oxygen atoms in total. The summed E-state index contributed by atoms with van der Waals surface area (Å²) in [6.45, 7) is 0.205. The van der Waals surface area contributed by atoms with Crippen molar-refractivity contribution in [3.63, 3.8) is 0 Å². The van der Waals surface area contributed by atoms with Gasteiger partial charge in [-0.05, 0) is 60.2 Å². The van der Waals surface area contributed by atoms with Crippen LogP contribution in [0.5, 0.6) is 5.75 Å². The minimum atomic E-state index is -3.75. The molecule has 1 N–H and O–H groups in total. The van der Waals surface area contributed by atoms with Gasteiger partial charge < -0.3 is 14.2 Å². The molecule has 9 heteroatoms. The Labute approximate surface area is 251 Å². The Kier molecular flexibility index (Phi) is 10.9. The molecule has 4 aromatic carbocycles. The van der Waals surface area contributed by atoms with Crippen molar-refractivity contribution in [2.45, 2.75) is 17.4 Å². The van der Waals surface area contributed by atoms with E-state index in [1.54, 1.807) is 91.0 Å². The van der Waals surface area contributed by atoms with E-state index in [0.29, 0.717) is 34.5 Å². The van der Waals surface area contributed by atoms with Crippen LogP contribution >= 0.6 is 0 Å². The Morgan fingerprint density at radius 2 is 1.53 bits per heavy atom. The van der Waals surface area contributed by atoms with Crippen LogP contribution in [0.3, 0.4) is 0 Å². The van der Waals surface area contributed by atoms with Gasteiger partial charge in [0.05, 0.1) is 24.2 Å². The number of carbonyl (C=O) groups is 2. The highest BCUT2D eigenvalue weighted by atomic mass is 32.2. The van der Waals surface area contributed by atoms with Crippen molar-refractivity contribution < 1.29 is 32.2 Å². The second-order valence-electron chi connectivity index (χ2n) is 9.24. The lowest BCUT2D eigenvalue weighted by Crippen LogP contribution is -2.19. The van der Waals surface area contributed by atoms with Crippen LogP contribution in [0.25, 0.3) is 12.2 Å². The number of sulfonamides is 1. The molecule has 4 rings (SSSR count). The molecule has 0 aliphatic carbocycles. The number of para-hydroxylation sites is 1. The summed E-state index contributed by atoms with van der Waals surface area (Å²) < 4.78 is 44.5. The molecule has 0 spiro atoms. The summed E-state index contributed by atoms with van der Waals surface area (Å²) in [7, 11) is -2.45. The molecule has 0 bridgehead atoms. The SMILES string of the molecule is COC(=O)/C=C/c1ccccc1OCC[C@H](/C=C/c1cccc(NS(=O)(=O)c2ccccc2)c1)OC(=O)c1ccccc1. The van der Waals surface area contributed by atoms with E-state index in [-0.39, 0.29) is 11.5 Å². The molecule has 0 heterocycles. The van der Waals surface area contributed by atoms with Crippen LogP contribution in [0.4, 0.5) is 5.69 Å². The van der Waals surface area contributed by atoms with Crippen molar-refractivity contribution in [3.05, 3.63) is 138 Å². The molecular formula is C34H31NO7S. The van der Waals surface area contributed by atoms with Gasteiger partial charge in [0.2, 0.25) is 0 Å². The van der Waals surface area contributed by atoms with E-state index in [9.17, 15) is 18.0 Å². The maximum Gasteiger partial charge on any atom is 0.338 e. The lowest BCUT2D eigenvalue weighted by molar-refractivity contribution is -0.134. The standard InChI is InChI=1S/C34H31NO7S/c1-40-33(36)22-20-27-12-8-9-18-32(27)41-24-23-30(42-34(37)28-13-4-2-5-14-28)21-19-26-11-10-15-29(25-26)35-43(38,39)31-16-6-3-7-17-31/h2-22,25,30,35H,23-24H2,1H3/b21-19+,22-20+/t30-/m0/s1. The van der Waals surface area contributed by atoms with Gasteiger partial charge in [-0.25, -0.2) is 18.0 Å². The van der Waals surface area contributed by atoms with Gasteiger partial charge in [0, 0.05) is 23.7 Å². The minimum Gasteiger partial charge on any atom is -0.493 e. The smallest absolute Gasteiger partial charge is 0.338 e. The van der Waals surface area contributed by atoms with Gasteiger partial charge in [-0.15, -0.1) is 0 Å². The van der Waals surface area contributed by atoms with Gasteiger partial charge in [0.25, 0.3) is 10.0 Å². The average molecular weight is 598 g/mol. The number of hydrogen-bond acceptors (Lipinski definition) is 7.